The topological polar surface area (TPSA) is 143 Å². The lowest BCUT2D eigenvalue weighted by Gasteiger charge is -2.33. The van der Waals surface area contributed by atoms with Crippen LogP contribution in [-0.4, -0.2) is 90.0 Å². The van der Waals surface area contributed by atoms with Crippen molar-refractivity contribution in [3.63, 3.8) is 0 Å². The summed E-state index contributed by atoms with van der Waals surface area (Å²) in [5.41, 5.74) is 6.77. The van der Waals surface area contributed by atoms with Gasteiger partial charge in [0.15, 0.2) is 5.82 Å². The summed E-state index contributed by atoms with van der Waals surface area (Å²) in [6, 6.07) is 14.9. The van der Waals surface area contributed by atoms with Gasteiger partial charge in [-0.25, -0.2) is 0 Å². The Morgan fingerprint density at radius 2 is 1.81 bits per heavy atom. The van der Waals surface area contributed by atoms with Gasteiger partial charge in [0, 0.05) is 61.0 Å². The summed E-state index contributed by atoms with van der Waals surface area (Å²) < 4.78 is 4.09. The van der Waals surface area contributed by atoms with Gasteiger partial charge in [-0.05, 0) is 88.4 Å². The van der Waals surface area contributed by atoms with Crippen molar-refractivity contribution in [2.45, 2.75) is 78.6 Å². The lowest BCUT2D eigenvalue weighted by Crippen LogP contribution is -2.53. The maximum atomic E-state index is 12.6. The number of hydrogen-bond acceptors (Lipinski definition) is 10. The van der Waals surface area contributed by atoms with E-state index in [0.717, 1.165) is 106 Å². The van der Waals surface area contributed by atoms with Crippen LogP contribution in [0, 0.1) is 31.6 Å². The molecule has 0 bridgehead atoms. The number of piperidine rings is 2. The van der Waals surface area contributed by atoms with Gasteiger partial charge in [0.05, 0.1) is 28.9 Å². The van der Waals surface area contributed by atoms with Crippen LogP contribution in [0.3, 0.4) is 0 Å². The monoisotopic (exact) mass is 830 g/mol. The van der Waals surface area contributed by atoms with Gasteiger partial charge in [-0.3, -0.25) is 33.9 Å². The molecule has 15 heteroatoms. The molecule has 5 aromatic rings. The smallest absolute Gasteiger partial charge is 0.249 e. The number of hydrogen-bond donors (Lipinski definition) is 2. The number of aryl methyl sites for hydroxylation is 1. The zero-order chi connectivity index (χ0) is 41.2. The number of nitrogens with one attached hydrogen (secondary N) is 2. The second-order valence-corrected chi connectivity index (χ2v) is 17.0. The van der Waals surface area contributed by atoms with Crippen molar-refractivity contribution in [3.8, 4) is 16.8 Å². The molecule has 3 aliphatic heterocycles. The highest BCUT2D eigenvalue weighted by Crippen LogP contribution is 2.39. The fourth-order valence-corrected chi connectivity index (χ4v) is 9.47. The van der Waals surface area contributed by atoms with E-state index in [9.17, 15) is 14.4 Å². The van der Waals surface area contributed by atoms with E-state index >= 15 is 0 Å². The van der Waals surface area contributed by atoms with Crippen molar-refractivity contribution >= 4 is 52.1 Å². The second kappa shape index (κ2) is 17.3. The lowest BCUT2D eigenvalue weighted by molar-refractivity contribution is -0.145. The molecular formula is C44H47ClN10O3S. The number of fused-ring (bicyclic) bond motifs is 3. The van der Waals surface area contributed by atoms with Crippen LogP contribution in [0.25, 0.3) is 5.00 Å². The zero-order valence-corrected chi connectivity index (χ0v) is 35.2. The highest BCUT2D eigenvalue weighted by Gasteiger charge is 2.34. The third-order valence-corrected chi connectivity index (χ3v) is 12.9. The molecule has 2 fully saturated rings. The fourth-order valence-electron chi connectivity index (χ4n) is 8.12. The van der Waals surface area contributed by atoms with Crippen molar-refractivity contribution < 1.29 is 14.4 Å². The molecule has 59 heavy (non-hydrogen) atoms. The van der Waals surface area contributed by atoms with Crippen LogP contribution >= 0.6 is 22.9 Å². The van der Waals surface area contributed by atoms with Crippen LogP contribution in [-0.2, 0) is 27.5 Å². The van der Waals surface area contributed by atoms with Gasteiger partial charge in [-0.2, -0.15) is 5.10 Å². The van der Waals surface area contributed by atoms with E-state index in [1.807, 2.05) is 79.5 Å². The first kappa shape index (κ1) is 40.2. The minimum atomic E-state index is -0.653. The number of nitrogens with zero attached hydrogens (tertiary/aromatic N) is 8. The number of halogens is 1. The molecule has 6 heterocycles. The van der Waals surface area contributed by atoms with Gasteiger partial charge >= 0.3 is 0 Å². The van der Waals surface area contributed by atoms with Crippen molar-refractivity contribution in [2.75, 3.05) is 31.5 Å². The van der Waals surface area contributed by atoms with Gasteiger partial charge in [-0.15, -0.1) is 21.5 Å². The number of likely N-dealkylation sites (tertiary alicyclic amines) is 1. The average molecular weight is 831 g/mol. The standard InChI is InChI=1S/C44H47ClN10O3S/c1-27-38(59-44-40(27)41(33-10-12-35(45)13-11-33)48-28(2)42-51-50-29(3)55(42)44)15-9-32-24-47-53(25-32)22-21-52-19-17-31(18-20-52)23-46-36-8-6-5-7-34(36)26-54(30(4)56)37-14-16-39(57)49-43(37)58/h5-8,10-13,24-25,28,31,37,46H,14,16-23,26H2,1-4H3,(H,49,57,58)/t28-,37?/m0/s1. The van der Waals surface area contributed by atoms with E-state index in [4.69, 9.17) is 16.6 Å². The molecule has 3 amide bonds. The molecule has 3 aliphatic rings. The normalized spacial score (nSPS) is 18.2. The van der Waals surface area contributed by atoms with Gasteiger partial charge in [0.2, 0.25) is 17.7 Å². The van der Waals surface area contributed by atoms with Gasteiger partial charge in [0.1, 0.15) is 22.9 Å². The number of aliphatic imine (C=N–C) groups is 1. The Kier molecular flexibility index (Phi) is 11.8. The number of para-hydroxylation sites is 1. The third kappa shape index (κ3) is 8.73. The van der Waals surface area contributed by atoms with Crippen LogP contribution in [0.1, 0.15) is 89.9 Å². The number of imide groups is 1. The van der Waals surface area contributed by atoms with E-state index in [1.165, 1.54) is 6.92 Å². The number of thiophene rings is 1. The number of rotatable bonds is 10. The summed E-state index contributed by atoms with van der Waals surface area (Å²) >= 11 is 7.88. The molecule has 1 unspecified atom stereocenters. The van der Waals surface area contributed by atoms with Crippen LogP contribution in [0.15, 0.2) is 65.9 Å². The Hall–Kier alpha value is -5.62. The minimum absolute atomic E-state index is 0.175. The summed E-state index contributed by atoms with van der Waals surface area (Å²) in [6.45, 7) is 12.4. The maximum absolute atomic E-state index is 12.6. The summed E-state index contributed by atoms with van der Waals surface area (Å²) in [5.74, 6) is 8.05. The van der Waals surface area contributed by atoms with Gasteiger partial charge in [0.25, 0.3) is 0 Å². The molecule has 2 N–H and O–H groups in total. The Morgan fingerprint density at radius 1 is 1.03 bits per heavy atom. The van der Waals surface area contributed by atoms with Gasteiger partial charge in [-0.1, -0.05) is 53.8 Å². The summed E-state index contributed by atoms with van der Waals surface area (Å²) in [5, 5.41) is 21.2. The molecule has 2 atom stereocenters. The van der Waals surface area contributed by atoms with Crippen LogP contribution in [0.5, 0.6) is 0 Å². The number of amides is 3. The molecule has 13 nitrogen and oxygen atoms in total. The zero-order valence-electron chi connectivity index (χ0n) is 33.7. The first-order valence-electron chi connectivity index (χ1n) is 20.1. The Morgan fingerprint density at radius 3 is 2.58 bits per heavy atom. The minimum Gasteiger partial charge on any atom is -0.384 e. The SMILES string of the molecule is CC(=O)N(Cc1ccccc1NCC1CCN(CCn2cc(C#Cc3sc4c(c3C)C(c3ccc(Cl)cc3)=N[C@@H](C)c3nnc(C)n3-4)cn2)CC1)C1CCC(=O)NC1=O. The van der Waals surface area contributed by atoms with Crippen LogP contribution in [0.2, 0.25) is 5.02 Å². The molecule has 0 saturated carbocycles. The quantitative estimate of drug-likeness (QED) is 0.127. The van der Waals surface area contributed by atoms with E-state index < -0.39 is 11.9 Å². The highest BCUT2D eigenvalue weighted by atomic mass is 35.5. The molecule has 0 spiro atoms. The molecule has 0 aliphatic carbocycles. The molecule has 2 saturated heterocycles. The number of carbonyl (C=O) groups excluding carboxylic acids is 3. The van der Waals surface area contributed by atoms with Crippen molar-refractivity contribution in [2.24, 2.45) is 10.9 Å². The summed E-state index contributed by atoms with van der Waals surface area (Å²) in [7, 11) is 0. The molecular weight excluding hydrogens is 784 g/mol. The second-order valence-electron chi connectivity index (χ2n) is 15.5. The van der Waals surface area contributed by atoms with E-state index in [0.29, 0.717) is 23.9 Å². The number of aromatic nitrogens is 5. The molecule has 8 rings (SSSR count). The molecule has 304 valence electrons. The van der Waals surface area contributed by atoms with Crippen LogP contribution < -0.4 is 10.6 Å². The third-order valence-electron chi connectivity index (χ3n) is 11.5. The number of anilines is 1. The highest BCUT2D eigenvalue weighted by molar-refractivity contribution is 7.15. The first-order valence-corrected chi connectivity index (χ1v) is 21.3. The largest absolute Gasteiger partial charge is 0.384 e. The fraction of sp³-hybridized carbons (Fsp3) is 0.386. The predicted molar refractivity (Wildman–Crippen MR) is 229 cm³/mol. The van der Waals surface area contributed by atoms with Crippen molar-refractivity contribution in [3.05, 3.63) is 110 Å². The molecule has 3 aromatic heterocycles. The Bertz CT molecular complexity index is 2480. The van der Waals surface area contributed by atoms with Crippen LogP contribution in [0.4, 0.5) is 5.69 Å². The van der Waals surface area contributed by atoms with Gasteiger partial charge < -0.3 is 15.1 Å². The Labute approximate surface area is 352 Å². The summed E-state index contributed by atoms with van der Waals surface area (Å²) in [4.78, 5) is 47.0. The average Bonchev–Trinajstić information content (AvgIpc) is 3.92. The van der Waals surface area contributed by atoms with E-state index in [2.05, 4.69) is 54.2 Å². The predicted octanol–water partition coefficient (Wildman–Crippen LogP) is 6.09. The maximum Gasteiger partial charge on any atom is 0.249 e. The van der Waals surface area contributed by atoms with E-state index in [1.54, 1.807) is 16.2 Å². The number of benzene rings is 2. The van der Waals surface area contributed by atoms with E-state index in [-0.39, 0.29) is 24.3 Å². The molecule has 2 aromatic carbocycles. The summed E-state index contributed by atoms with van der Waals surface area (Å²) in [6.07, 6.45) is 6.57. The number of carbonyl (C=O) groups is 3. The first-order chi connectivity index (χ1) is 28.5. The lowest BCUT2D eigenvalue weighted by atomic mass is 9.96. The van der Waals surface area contributed by atoms with Crippen molar-refractivity contribution in [1.82, 2.24) is 39.7 Å². The van der Waals surface area contributed by atoms with Crippen molar-refractivity contribution in [1.29, 1.82) is 0 Å². The Balaban J connectivity index is 0.864. The molecule has 0 radical (unpaired) electrons.